The Morgan fingerprint density at radius 1 is 1.15 bits per heavy atom. The summed E-state index contributed by atoms with van der Waals surface area (Å²) < 4.78 is 7.34. The van der Waals surface area contributed by atoms with Crippen molar-refractivity contribution in [3.05, 3.63) is 45.6 Å². The van der Waals surface area contributed by atoms with Gasteiger partial charge < -0.3 is 14.5 Å². The van der Waals surface area contributed by atoms with Crippen molar-refractivity contribution in [3.63, 3.8) is 0 Å². The number of hydrogen-bond donors (Lipinski definition) is 0. The average molecular weight is 397 g/mol. The first-order chi connectivity index (χ1) is 12.3. The molecule has 0 radical (unpaired) electrons. The molecular formula is C18H22Cl2N4O2. The maximum absolute atomic E-state index is 12.5. The Balaban J connectivity index is 1.79. The van der Waals surface area contributed by atoms with Crippen molar-refractivity contribution in [2.24, 2.45) is 0 Å². The Morgan fingerprint density at radius 2 is 1.85 bits per heavy atom. The molecule has 1 aliphatic rings. The highest BCUT2D eigenvalue weighted by Gasteiger charge is 2.24. The summed E-state index contributed by atoms with van der Waals surface area (Å²) in [5, 5.41) is 5.47. The van der Waals surface area contributed by atoms with E-state index in [1.807, 2.05) is 27.0 Å². The van der Waals surface area contributed by atoms with Crippen LogP contribution in [0.2, 0.25) is 10.0 Å². The van der Waals surface area contributed by atoms with Crippen LogP contribution >= 0.6 is 23.2 Å². The van der Waals surface area contributed by atoms with Gasteiger partial charge in [0.05, 0.1) is 21.8 Å². The van der Waals surface area contributed by atoms with E-state index >= 15 is 0 Å². The number of benzene rings is 1. The number of hydrogen-bond acceptors (Lipinski definition) is 4. The number of likely N-dealkylation sites (N-methyl/N-ethyl adjacent to an activating group) is 1. The monoisotopic (exact) mass is 396 g/mol. The molecule has 2 heterocycles. The van der Waals surface area contributed by atoms with E-state index in [9.17, 15) is 4.79 Å². The molecule has 1 atom stereocenters. The predicted molar refractivity (Wildman–Crippen MR) is 102 cm³/mol. The van der Waals surface area contributed by atoms with Crippen molar-refractivity contribution in [2.45, 2.75) is 19.9 Å². The third-order valence-corrected chi connectivity index (χ3v) is 5.31. The lowest BCUT2D eigenvalue weighted by Crippen LogP contribution is -2.48. The van der Waals surface area contributed by atoms with Gasteiger partial charge in [-0.1, -0.05) is 29.3 Å². The molecule has 0 saturated carbocycles. The van der Waals surface area contributed by atoms with Gasteiger partial charge in [0.15, 0.2) is 0 Å². The summed E-state index contributed by atoms with van der Waals surface area (Å²) in [5.41, 5.74) is 1.71. The predicted octanol–water partition coefficient (Wildman–Crippen LogP) is 3.85. The number of nitrogens with zero attached hydrogens (tertiary/aromatic N) is 4. The summed E-state index contributed by atoms with van der Waals surface area (Å²) in [6.07, 6.45) is -0.347. The number of piperazine rings is 1. The Hall–Kier alpha value is -1.76. The summed E-state index contributed by atoms with van der Waals surface area (Å²) in [6, 6.07) is 7.05. The molecule has 3 rings (SSSR count). The molecule has 0 spiro atoms. The zero-order valence-electron chi connectivity index (χ0n) is 15.1. The second-order valence-corrected chi connectivity index (χ2v) is 7.39. The van der Waals surface area contributed by atoms with E-state index in [0.29, 0.717) is 29.0 Å². The van der Waals surface area contributed by atoms with Crippen LogP contribution in [0.5, 0.6) is 5.88 Å². The quantitative estimate of drug-likeness (QED) is 0.790. The number of amides is 1. The van der Waals surface area contributed by atoms with Crippen LogP contribution in [0, 0.1) is 6.92 Å². The van der Waals surface area contributed by atoms with Gasteiger partial charge in [0, 0.05) is 32.2 Å². The number of carbonyl (C=O) groups is 1. The molecule has 1 aromatic carbocycles. The van der Waals surface area contributed by atoms with Gasteiger partial charge in [-0.3, -0.25) is 0 Å². The molecule has 1 amide bonds. The van der Waals surface area contributed by atoms with Gasteiger partial charge in [0.25, 0.3) is 0 Å². The maximum Gasteiger partial charge on any atom is 0.416 e. The molecule has 1 saturated heterocycles. The largest absolute Gasteiger partial charge is 0.416 e. The smallest absolute Gasteiger partial charge is 0.391 e. The molecule has 1 aromatic heterocycles. The third-order valence-electron chi connectivity index (χ3n) is 4.57. The lowest BCUT2D eigenvalue weighted by atomic mass is 10.1. The van der Waals surface area contributed by atoms with E-state index in [2.05, 4.69) is 10.00 Å². The number of aromatic nitrogens is 2. The van der Waals surface area contributed by atoms with E-state index < -0.39 is 0 Å². The normalized spacial score (nSPS) is 16.6. The zero-order chi connectivity index (χ0) is 18.8. The average Bonchev–Trinajstić information content (AvgIpc) is 2.97. The molecule has 2 aromatic rings. The first-order valence-electron chi connectivity index (χ1n) is 8.51. The first kappa shape index (κ1) is 19.0. The third kappa shape index (κ3) is 4.14. The van der Waals surface area contributed by atoms with Crippen molar-refractivity contribution >= 4 is 29.3 Å². The molecule has 6 nitrogen and oxygen atoms in total. The number of carbonyl (C=O) groups excluding carboxylic acids is 1. The van der Waals surface area contributed by atoms with Gasteiger partial charge in [-0.05, 0) is 38.6 Å². The van der Waals surface area contributed by atoms with Crippen molar-refractivity contribution in [1.29, 1.82) is 0 Å². The zero-order valence-corrected chi connectivity index (χ0v) is 16.6. The van der Waals surface area contributed by atoms with E-state index in [4.69, 9.17) is 27.9 Å². The highest BCUT2D eigenvalue weighted by atomic mass is 35.5. The van der Waals surface area contributed by atoms with Gasteiger partial charge in [-0.15, -0.1) is 0 Å². The van der Waals surface area contributed by atoms with Crippen LogP contribution in [0.15, 0.2) is 24.3 Å². The van der Waals surface area contributed by atoms with Gasteiger partial charge in [0.1, 0.15) is 0 Å². The van der Waals surface area contributed by atoms with Crippen LogP contribution < -0.4 is 4.74 Å². The van der Waals surface area contributed by atoms with Crippen LogP contribution in [0.25, 0.3) is 0 Å². The van der Waals surface area contributed by atoms with Crippen LogP contribution in [-0.2, 0) is 0 Å². The van der Waals surface area contributed by atoms with Crippen LogP contribution in [-0.4, -0.2) is 58.9 Å². The molecule has 0 bridgehead atoms. The molecule has 8 heteroatoms. The Labute approximate surface area is 163 Å². The van der Waals surface area contributed by atoms with Gasteiger partial charge in [0.2, 0.25) is 5.88 Å². The van der Waals surface area contributed by atoms with E-state index in [1.54, 1.807) is 27.8 Å². The molecule has 140 valence electrons. The van der Waals surface area contributed by atoms with Gasteiger partial charge in [-0.25, -0.2) is 9.48 Å². The Morgan fingerprint density at radius 3 is 2.50 bits per heavy atom. The molecule has 26 heavy (non-hydrogen) atoms. The van der Waals surface area contributed by atoms with Crippen LogP contribution in [0.1, 0.15) is 24.2 Å². The van der Waals surface area contributed by atoms with Crippen molar-refractivity contribution in [1.82, 2.24) is 19.6 Å². The first-order valence-corrected chi connectivity index (χ1v) is 9.27. The summed E-state index contributed by atoms with van der Waals surface area (Å²) in [7, 11) is 2.04. The minimum Gasteiger partial charge on any atom is -0.391 e. The van der Waals surface area contributed by atoms with Gasteiger partial charge in [-0.2, -0.15) is 5.10 Å². The summed E-state index contributed by atoms with van der Waals surface area (Å²) in [5.74, 6) is 0.421. The van der Waals surface area contributed by atoms with Crippen molar-refractivity contribution in [3.8, 4) is 5.88 Å². The van der Waals surface area contributed by atoms with Gasteiger partial charge >= 0.3 is 6.09 Å². The molecule has 0 N–H and O–H groups in total. The lowest BCUT2D eigenvalue weighted by Gasteiger charge is -2.31. The second-order valence-electron chi connectivity index (χ2n) is 6.58. The fourth-order valence-corrected chi connectivity index (χ4v) is 3.21. The fraction of sp³-hybridized carbons (Fsp3) is 0.444. The summed E-state index contributed by atoms with van der Waals surface area (Å²) in [6.45, 7) is 6.83. The number of ether oxygens (including phenoxy) is 1. The highest BCUT2D eigenvalue weighted by molar-refractivity contribution is 6.42. The molecule has 1 fully saturated rings. The van der Waals surface area contributed by atoms with E-state index in [0.717, 1.165) is 24.3 Å². The highest BCUT2D eigenvalue weighted by Crippen LogP contribution is 2.29. The second kappa shape index (κ2) is 7.86. The summed E-state index contributed by atoms with van der Waals surface area (Å²) in [4.78, 5) is 16.4. The van der Waals surface area contributed by atoms with E-state index in [-0.39, 0.29) is 12.1 Å². The van der Waals surface area contributed by atoms with Crippen LogP contribution in [0.3, 0.4) is 0 Å². The fourth-order valence-electron chi connectivity index (χ4n) is 2.90. The number of rotatable bonds is 3. The lowest BCUT2D eigenvalue weighted by molar-refractivity contribution is 0.117. The standard InChI is InChI=1S/C18H22Cl2N4O2/c1-12-10-17(26-18(25)23-8-6-22(3)7-9-23)24(21-12)13(2)14-4-5-15(19)16(20)11-14/h4-5,10-11,13H,6-9H2,1-3H3. The summed E-state index contributed by atoms with van der Waals surface area (Å²) >= 11 is 12.1. The molecule has 1 aliphatic heterocycles. The maximum atomic E-state index is 12.5. The number of halogens is 2. The Kier molecular flexibility index (Phi) is 5.75. The minimum absolute atomic E-state index is 0.159. The Bertz CT molecular complexity index is 800. The SMILES string of the molecule is Cc1cc(OC(=O)N2CCN(C)CC2)n(C(C)c2ccc(Cl)c(Cl)c2)n1. The molecular weight excluding hydrogens is 375 g/mol. The minimum atomic E-state index is -0.347. The van der Waals surface area contributed by atoms with Crippen molar-refractivity contribution in [2.75, 3.05) is 33.2 Å². The topological polar surface area (TPSA) is 50.6 Å². The van der Waals surface area contributed by atoms with Crippen molar-refractivity contribution < 1.29 is 9.53 Å². The molecule has 0 aliphatic carbocycles. The van der Waals surface area contributed by atoms with E-state index in [1.165, 1.54) is 0 Å². The molecule has 1 unspecified atom stereocenters. The number of aryl methyl sites for hydroxylation is 1. The van der Waals surface area contributed by atoms with Crippen LogP contribution in [0.4, 0.5) is 4.79 Å².